The molecule has 0 saturated heterocycles. The minimum absolute atomic E-state index is 0.0871. The third-order valence-electron chi connectivity index (χ3n) is 6.47. The molecule has 0 aliphatic rings. The van der Waals surface area contributed by atoms with Crippen molar-refractivity contribution in [2.24, 2.45) is 0 Å². The molecule has 0 amide bonds. The summed E-state index contributed by atoms with van der Waals surface area (Å²) in [5.41, 5.74) is 2.70. The number of benzene rings is 4. The molecule has 4 heteroatoms. The van der Waals surface area contributed by atoms with E-state index in [4.69, 9.17) is 0 Å². The number of allylic oxidation sites excluding steroid dienone is 2. The van der Waals surface area contributed by atoms with Crippen molar-refractivity contribution in [3.05, 3.63) is 131 Å². The Bertz CT molecular complexity index is 1310. The van der Waals surface area contributed by atoms with Crippen molar-refractivity contribution >= 4 is 0 Å². The van der Waals surface area contributed by atoms with Crippen molar-refractivity contribution in [2.45, 2.75) is 39.0 Å². The van der Waals surface area contributed by atoms with Gasteiger partial charge in [-0.2, -0.15) is 0 Å². The van der Waals surface area contributed by atoms with Crippen LogP contribution < -0.4 is 0 Å². The van der Waals surface area contributed by atoms with Crippen LogP contribution >= 0.6 is 0 Å². The average Bonchev–Trinajstić information content (AvgIpc) is 2.86. The average molecular weight is 489 g/mol. The van der Waals surface area contributed by atoms with E-state index in [0.29, 0.717) is 23.5 Å². The molecular formula is C32H28F4. The molecule has 4 aromatic carbocycles. The molecule has 0 unspecified atom stereocenters. The summed E-state index contributed by atoms with van der Waals surface area (Å²) in [6, 6.07) is 22.2. The van der Waals surface area contributed by atoms with Crippen LogP contribution in [-0.4, -0.2) is 0 Å². The molecule has 0 aromatic heterocycles. The molecule has 0 N–H and O–H groups in total. The summed E-state index contributed by atoms with van der Waals surface area (Å²) in [6.07, 6.45) is 5.10. The van der Waals surface area contributed by atoms with Crippen molar-refractivity contribution < 1.29 is 17.6 Å². The molecule has 0 spiro atoms. The van der Waals surface area contributed by atoms with Crippen LogP contribution in [0.5, 0.6) is 0 Å². The lowest BCUT2D eigenvalue weighted by Crippen LogP contribution is -1.99. The molecule has 0 heterocycles. The van der Waals surface area contributed by atoms with Crippen LogP contribution in [0.2, 0.25) is 0 Å². The minimum atomic E-state index is -0.868. The van der Waals surface area contributed by atoms with Gasteiger partial charge < -0.3 is 0 Å². The van der Waals surface area contributed by atoms with Crippen LogP contribution in [0, 0.1) is 23.3 Å². The Morgan fingerprint density at radius 1 is 0.694 bits per heavy atom. The maximum absolute atomic E-state index is 15.0. The van der Waals surface area contributed by atoms with Gasteiger partial charge in [-0.3, -0.25) is 0 Å². The van der Waals surface area contributed by atoms with Gasteiger partial charge in [-0.1, -0.05) is 73.7 Å². The van der Waals surface area contributed by atoms with Crippen LogP contribution in [-0.2, 0) is 12.8 Å². The summed E-state index contributed by atoms with van der Waals surface area (Å²) in [4.78, 5) is 0. The monoisotopic (exact) mass is 488 g/mol. The van der Waals surface area contributed by atoms with Crippen molar-refractivity contribution in [3.63, 3.8) is 0 Å². The number of hydrogen-bond acceptors (Lipinski definition) is 0. The second-order valence-electron chi connectivity index (χ2n) is 9.05. The summed E-state index contributed by atoms with van der Waals surface area (Å²) in [5.74, 6) is -3.02. The molecule has 1 atom stereocenters. The van der Waals surface area contributed by atoms with Crippen molar-refractivity contribution in [1.82, 2.24) is 0 Å². The Hall–Kier alpha value is -3.66. The summed E-state index contributed by atoms with van der Waals surface area (Å²) in [5, 5.41) is 0. The number of rotatable bonds is 8. The molecular weight excluding hydrogens is 460 g/mol. The van der Waals surface area contributed by atoms with E-state index in [9.17, 15) is 8.78 Å². The van der Waals surface area contributed by atoms with Crippen molar-refractivity contribution in [2.75, 3.05) is 0 Å². The zero-order valence-corrected chi connectivity index (χ0v) is 20.4. The first-order chi connectivity index (χ1) is 17.4. The predicted molar refractivity (Wildman–Crippen MR) is 139 cm³/mol. The second kappa shape index (κ2) is 11.4. The summed E-state index contributed by atoms with van der Waals surface area (Å²) < 4.78 is 59.2. The smallest absolute Gasteiger partial charge is 0.134 e. The Morgan fingerprint density at radius 2 is 1.28 bits per heavy atom. The summed E-state index contributed by atoms with van der Waals surface area (Å²) >= 11 is 0. The molecule has 0 aliphatic heterocycles. The van der Waals surface area contributed by atoms with E-state index in [1.165, 1.54) is 17.7 Å². The first-order valence-corrected chi connectivity index (χ1v) is 12.1. The predicted octanol–water partition coefficient (Wildman–Crippen LogP) is 9.43. The fourth-order valence-corrected chi connectivity index (χ4v) is 4.48. The van der Waals surface area contributed by atoms with Gasteiger partial charge in [0.25, 0.3) is 0 Å². The largest absolute Gasteiger partial charge is 0.207 e. The molecule has 4 rings (SSSR count). The van der Waals surface area contributed by atoms with E-state index < -0.39 is 28.8 Å². The number of hydrogen-bond donors (Lipinski definition) is 0. The van der Waals surface area contributed by atoms with Crippen LogP contribution in [0.15, 0.2) is 91.0 Å². The lowest BCUT2D eigenvalue weighted by atomic mass is 9.92. The standard InChI is InChI=1S/C32H28F4/c1-3-4-6-11-27-28(33)19-26(20-29(27)34)32-30(35)17-25(18-31(32)36)24-14-12-22(13-15-24)16-21(2)23-9-7-5-8-10-23/h3-5,7-10,12-15,17-21H,6,11,16H2,1-2H3/b4-3+/t21-/m0/s1. The maximum Gasteiger partial charge on any atom is 0.134 e. The first-order valence-electron chi connectivity index (χ1n) is 12.1. The van der Waals surface area contributed by atoms with Gasteiger partial charge in [-0.05, 0) is 84.2 Å². The Labute approximate surface area is 209 Å². The van der Waals surface area contributed by atoms with Crippen LogP contribution in [0.25, 0.3) is 22.3 Å². The molecule has 0 fully saturated rings. The zero-order valence-electron chi connectivity index (χ0n) is 20.4. The minimum Gasteiger partial charge on any atom is -0.207 e. The van der Waals surface area contributed by atoms with Crippen LogP contribution in [0.1, 0.15) is 42.9 Å². The Balaban J connectivity index is 1.56. The lowest BCUT2D eigenvalue weighted by molar-refractivity contribution is 0.554. The SMILES string of the molecule is C/C=C/CCc1c(F)cc(-c2c(F)cc(-c3ccc(C[C@H](C)c4ccccc4)cc3)cc2F)cc1F. The van der Waals surface area contributed by atoms with Gasteiger partial charge >= 0.3 is 0 Å². The van der Waals surface area contributed by atoms with E-state index in [0.717, 1.165) is 24.1 Å². The van der Waals surface area contributed by atoms with Gasteiger partial charge in [0.05, 0.1) is 5.56 Å². The Morgan fingerprint density at radius 3 is 1.86 bits per heavy atom. The molecule has 4 aromatic rings. The molecule has 0 bridgehead atoms. The van der Waals surface area contributed by atoms with E-state index in [1.807, 2.05) is 49.4 Å². The van der Waals surface area contributed by atoms with Gasteiger partial charge in [0, 0.05) is 5.56 Å². The van der Waals surface area contributed by atoms with E-state index >= 15 is 8.78 Å². The highest BCUT2D eigenvalue weighted by molar-refractivity contribution is 5.72. The van der Waals surface area contributed by atoms with Gasteiger partial charge in [0.15, 0.2) is 0 Å². The highest BCUT2D eigenvalue weighted by Gasteiger charge is 2.18. The quantitative estimate of drug-likeness (QED) is 0.171. The summed E-state index contributed by atoms with van der Waals surface area (Å²) in [6.45, 7) is 3.99. The maximum atomic E-state index is 15.0. The second-order valence-corrected chi connectivity index (χ2v) is 9.05. The molecule has 0 aliphatic carbocycles. The van der Waals surface area contributed by atoms with E-state index in [2.05, 4.69) is 19.1 Å². The molecule has 0 saturated carbocycles. The third-order valence-corrected chi connectivity index (χ3v) is 6.47. The molecule has 0 nitrogen and oxygen atoms in total. The van der Waals surface area contributed by atoms with Gasteiger partial charge in [0.2, 0.25) is 0 Å². The number of halogens is 4. The van der Waals surface area contributed by atoms with Gasteiger partial charge in [0.1, 0.15) is 23.3 Å². The van der Waals surface area contributed by atoms with Gasteiger partial charge in [-0.15, -0.1) is 0 Å². The zero-order chi connectivity index (χ0) is 25.7. The van der Waals surface area contributed by atoms with Crippen molar-refractivity contribution in [3.8, 4) is 22.3 Å². The topological polar surface area (TPSA) is 0 Å². The van der Waals surface area contributed by atoms with E-state index in [1.54, 1.807) is 12.2 Å². The molecule has 184 valence electrons. The van der Waals surface area contributed by atoms with Crippen molar-refractivity contribution in [1.29, 1.82) is 0 Å². The highest BCUT2D eigenvalue weighted by atomic mass is 19.1. The summed E-state index contributed by atoms with van der Waals surface area (Å²) in [7, 11) is 0. The molecule has 36 heavy (non-hydrogen) atoms. The van der Waals surface area contributed by atoms with Crippen LogP contribution in [0.4, 0.5) is 17.6 Å². The van der Waals surface area contributed by atoms with Crippen LogP contribution in [0.3, 0.4) is 0 Å². The van der Waals surface area contributed by atoms with E-state index in [-0.39, 0.29) is 17.5 Å². The Kier molecular flexibility index (Phi) is 8.04. The lowest BCUT2D eigenvalue weighted by Gasteiger charge is -2.13. The fraction of sp³-hybridized carbons (Fsp3) is 0.188. The fourth-order valence-electron chi connectivity index (χ4n) is 4.48. The normalized spacial score (nSPS) is 12.3. The first kappa shape index (κ1) is 25.4. The highest BCUT2D eigenvalue weighted by Crippen LogP contribution is 2.33. The third kappa shape index (κ3) is 5.76. The molecule has 0 radical (unpaired) electrons. The van der Waals surface area contributed by atoms with Gasteiger partial charge in [-0.25, -0.2) is 17.6 Å².